The molecule has 1 aliphatic rings. The minimum atomic E-state index is 0. The lowest BCUT2D eigenvalue weighted by Crippen LogP contribution is -2.30. The van der Waals surface area contributed by atoms with Crippen molar-refractivity contribution in [2.45, 2.75) is 26.2 Å². The summed E-state index contributed by atoms with van der Waals surface area (Å²) >= 11 is 0. The average Bonchev–Trinajstić information content (AvgIpc) is 2.85. The number of amides is 1. The zero-order valence-electron chi connectivity index (χ0n) is 11.5. The summed E-state index contributed by atoms with van der Waals surface area (Å²) in [6, 6.07) is 8.37. The molecule has 4 heteroatoms. The van der Waals surface area contributed by atoms with E-state index >= 15 is 0 Å². The Morgan fingerprint density at radius 2 is 2.26 bits per heavy atom. The van der Waals surface area contributed by atoms with Gasteiger partial charge in [-0.25, -0.2) is 0 Å². The molecule has 19 heavy (non-hydrogen) atoms. The van der Waals surface area contributed by atoms with Gasteiger partial charge in [0.25, 0.3) is 0 Å². The molecule has 1 unspecified atom stereocenters. The predicted octanol–water partition coefficient (Wildman–Crippen LogP) is 2.16. The molecular weight excluding hydrogens is 260 g/mol. The molecule has 0 bridgehead atoms. The van der Waals surface area contributed by atoms with Crippen molar-refractivity contribution in [1.29, 1.82) is 0 Å². The summed E-state index contributed by atoms with van der Waals surface area (Å²) in [7, 11) is 0. The van der Waals surface area contributed by atoms with E-state index in [1.54, 1.807) is 0 Å². The first kappa shape index (κ1) is 16.0. The average molecular weight is 283 g/mol. The summed E-state index contributed by atoms with van der Waals surface area (Å²) in [6.07, 6.45) is 2.51. The number of carbonyl (C=O) groups excluding carboxylic acids is 1. The molecule has 1 aliphatic heterocycles. The number of benzene rings is 1. The number of halogens is 1. The van der Waals surface area contributed by atoms with Crippen LogP contribution < -0.4 is 5.73 Å². The van der Waals surface area contributed by atoms with Crippen LogP contribution in [0.15, 0.2) is 24.3 Å². The van der Waals surface area contributed by atoms with Crippen molar-refractivity contribution in [3.8, 4) is 0 Å². The Kier molecular flexibility index (Phi) is 6.32. The van der Waals surface area contributed by atoms with Crippen molar-refractivity contribution < 1.29 is 4.79 Å². The standard InChI is InChI=1S/C15H22N2O.ClH/c1-12-3-2-4-13(9-12)5-6-15(18)17-8-7-14(10-16)11-17;/h2-4,9,14H,5-8,10-11,16H2,1H3;1H. The Morgan fingerprint density at radius 1 is 1.47 bits per heavy atom. The number of hydrogen-bond acceptors (Lipinski definition) is 2. The topological polar surface area (TPSA) is 46.3 Å². The molecule has 1 fully saturated rings. The largest absolute Gasteiger partial charge is 0.342 e. The van der Waals surface area contributed by atoms with Crippen LogP contribution in [0, 0.1) is 12.8 Å². The molecule has 0 spiro atoms. The second-order valence-electron chi connectivity index (χ2n) is 5.22. The van der Waals surface area contributed by atoms with Crippen LogP contribution in [0.5, 0.6) is 0 Å². The number of likely N-dealkylation sites (tertiary alicyclic amines) is 1. The molecular formula is C15H23ClN2O. The maximum absolute atomic E-state index is 12.1. The van der Waals surface area contributed by atoms with Gasteiger partial charge in [0, 0.05) is 19.5 Å². The fourth-order valence-corrected chi connectivity index (χ4v) is 2.53. The summed E-state index contributed by atoms with van der Waals surface area (Å²) in [5.41, 5.74) is 8.14. The lowest BCUT2D eigenvalue weighted by Gasteiger charge is -2.16. The van der Waals surface area contributed by atoms with Gasteiger partial charge in [-0.15, -0.1) is 12.4 Å². The van der Waals surface area contributed by atoms with Gasteiger partial charge < -0.3 is 10.6 Å². The van der Waals surface area contributed by atoms with Gasteiger partial charge in [-0.05, 0) is 37.8 Å². The van der Waals surface area contributed by atoms with Crippen LogP contribution in [0.2, 0.25) is 0 Å². The lowest BCUT2D eigenvalue weighted by molar-refractivity contribution is -0.130. The van der Waals surface area contributed by atoms with Crippen molar-refractivity contribution >= 4 is 18.3 Å². The van der Waals surface area contributed by atoms with Crippen molar-refractivity contribution in [2.75, 3.05) is 19.6 Å². The van der Waals surface area contributed by atoms with Crippen LogP contribution >= 0.6 is 12.4 Å². The predicted molar refractivity (Wildman–Crippen MR) is 80.5 cm³/mol. The molecule has 1 atom stereocenters. The normalized spacial score (nSPS) is 18.2. The zero-order chi connectivity index (χ0) is 13.0. The van der Waals surface area contributed by atoms with Crippen molar-refractivity contribution in [3.63, 3.8) is 0 Å². The highest BCUT2D eigenvalue weighted by Gasteiger charge is 2.24. The van der Waals surface area contributed by atoms with Gasteiger partial charge in [0.15, 0.2) is 0 Å². The van der Waals surface area contributed by atoms with Crippen LogP contribution in [0.1, 0.15) is 24.0 Å². The smallest absolute Gasteiger partial charge is 0.222 e. The molecule has 2 rings (SSSR count). The van der Waals surface area contributed by atoms with E-state index in [1.807, 2.05) is 4.90 Å². The molecule has 3 nitrogen and oxygen atoms in total. The second kappa shape index (κ2) is 7.51. The van der Waals surface area contributed by atoms with Gasteiger partial charge in [0.05, 0.1) is 0 Å². The first-order valence-electron chi connectivity index (χ1n) is 6.72. The Hall–Kier alpha value is -1.06. The molecule has 1 saturated heterocycles. The van der Waals surface area contributed by atoms with Crippen LogP contribution in [0.3, 0.4) is 0 Å². The zero-order valence-corrected chi connectivity index (χ0v) is 12.3. The third-order valence-electron chi connectivity index (χ3n) is 3.68. The third kappa shape index (κ3) is 4.51. The number of hydrogen-bond donors (Lipinski definition) is 1. The summed E-state index contributed by atoms with van der Waals surface area (Å²) < 4.78 is 0. The molecule has 1 aromatic rings. The van der Waals surface area contributed by atoms with E-state index in [-0.39, 0.29) is 18.3 Å². The molecule has 2 N–H and O–H groups in total. The molecule has 0 radical (unpaired) electrons. The summed E-state index contributed by atoms with van der Waals surface area (Å²) in [6.45, 7) is 4.51. The summed E-state index contributed by atoms with van der Waals surface area (Å²) in [5.74, 6) is 0.778. The van der Waals surface area contributed by atoms with Gasteiger partial charge >= 0.3 is 0 Å². The van der Waals surface area contributed by atoms with E-state index in [0.29, 0.717) is 18.9 Å². The highest BCUT2D eigenvalue weighted by molar-refractivity contribution is 5.85. The van der Waals surface area contributed by atoms with E-state index in [4.69, 9.17) is 5.73 Å². The maximum Gasteiger partial charge on any atom is 0.222 e. The number of carbonyl (C=O) groups is 1. The molecule has 0 aromatic heterocycles. The number of rotatable bonds is 4. The minimum Gasteiger partial charge on any atom is -0.342 e. The van der Waals surface area contributed by atoms with Gasteiger partial charge in [-0.3, -0.25) is 4.79 Å². The van der Waals surface area contributed by atoms with Crippen molar-refractivity contribution in [3.05, 3.63) is 35.4 Å². The van der Waals surface area contributed by atoms with Crippen LogP contribution in [0.4, 0.5) is 0 Å². The summed E-state index contributed by atoms with van der Waals surface area (Å²) in [5, 5.41) is 0. The molecule has 1 aromatic carbocycles. The quantitative estimate of drug-likeness (QED) is 0.920. The van der Waals surface area contributed by atoms with E-state index in [9.17, 15) is 4.79 Å². The van der Waals surface area contributed by atoms with E-state index in [0.717, 1.165) is 25.9 Å². The Bertz CT molecular complexity index is 422. The third-order valence-corrected chi connectivity index (χ3v) is 3.68. The molecule has 0 saturated carbocycles. The van der Waals surface area contributed by atoms with E-state index < -0.39 is 0 Å². The lowest BCUT2D eigenvalue weighted by atomic mass is 10.1. The van der Waals surface area contributed by atoms with Gasteiger partial charge in [0.2, 0.25) is 5.91 Å². The first-order valence-corrected chi connectivity index (χ1v) is 6.72. The first-order chi connectivity index (χ1) is 8.69. The number of aryl methyl sites for hydroxylation is 2. The minimum absolute atomic E-state index is 0. The Balaban J connectivity index is 0.00000180. The SMILES string of the molecule is Cc1cccc(CCC(=O)N2CCC(CN)C2)c1.Cl. The molecule has 1 amide bonds. The Labute approximate surface area is 121 Å². The second-order valence-corrected chi connectivity index (χ2v) is 5.22. The van der Waals surface area contributed by atoms with E-state index in [2.05, 4.69) is 31.2 Å². The fraction of sp³-hybridized carbons (Fsp3) is 0.533. The monoisotopic (exact) mass is 282 g/mol. The number of nitrogens with zero attached hydrogens (tertiary/aromatic N) is 1. The maximum atomic E-state index is 12.1. The highest BCUT2D eigenvalue weighted by atomic mass is 35.5. The number of nitrogens with two attached hydrogens (primary N) is 1. The summed E-state index contributed by atoms with van der Waals surface area (Å²) in [4.78, 5) is 14.0. The Morgan fingerprint density at radius 3 is 2.89 bits per heavy atom. The van der Waals surface area contributed by atoms with Crippen molar-refractivity contribution in [2.24, 2.45) is 11.7 Å². The highest BCUT2D eigenvalue weighted by Crippen LogP contribution is 2.16. The van der Waals surface area contributed by atoms with Gasteiger partial charge in [-0.2, -0.15) is 0 Å². The van der Waals surface area contributed by atoms with E-state index in [1.165, 1.54) is 11.1 Å². The van der Waals surface area contributed by atoms with Crippen LogP contribution in [0.25, 0.3) is 0 Å². The molecule has 106 valence electrons. The van der Waals surface area contributed by atoms with Crippen LogP contribution in [-0.4, -0.2) is 30.4 Å². The van der Waals surface area contributed by atoms with Gasteiger partial charge in [0.1, 0.15) is 0 Å². The fourth-order valence-electron chi connectivity index (χ4n) is 2.53. The van der Waals surface area contributed by atoms with Crippen LogP contribution in [-0.2, 0) is 11.2 Å². The van der Waals surface area contributed by atoms with Gasteiger partial charge in [-0.1, -0.05) is 29.8 Å². The van der Waals surface area contributed by atoms with Crippen molar-refractivity contribution in [1.82, 2.24) is 4.90 Å². The molecule has 0 aliphatic carbocycles. The molecule has 1 heterocycles.